The number of halogens is 3. The first-order valence-electron chi connectivity index (χ1n) is 25.4. The first-order valence-corrected chi connectivity index (χ1v) is 26.2. The molecule has 5 aliphatic heterocycles. The van der Waals surface area contributed by atoms with Gasteiger partial charge < -0.3 is 31.1 Å². The number of carbonyl (C=O) groups excluding carboxylic acids is 6. The monoisotopic (exact) mass is 994 g/mol. The van der Waals surface area contributed by atoms with E-state index >= 15 is 9.18 Å². The van der Waals surface area contributed by atoms with E-state index in [-0.39, 0.29) is 52.6 Å². The third kappa shape index (κ3) is 7.79. The van der Waals surface area contributed by atoms with Gasteiger partial charge in [0.05, 0.1) is 11.1 Å². The van der Waals surface area contributed by atoms with Crippen LogP contribution in [0.4, 0.5) is 15.8 Å². The van der Waals surface area contributed by atoms with Crippen molar-refractivity contribution in [2.45, 2.75) is 150 Å². The van der Waals surface area contributed by atoms with Crippen LogP contribution >= 0.6 is 23.2 Å². The van der Waals surface area contributed by atoms with Crippen molar-refractivity contribution in [2.24, 2.45) is 5.41 Å². The molecule has 7 fully saturated rings. The Morgan fingerprint density at radius 1 is 0.843 bits per heavy atom. The van der Waals surface area contributed by atoms with Gasteiger partial charge >= 0.3 is 0 Å². The molecule has 2 bridgehead atoms. The van der Waals surface area contributed by atoms with E-state index < -0.39 is 51.6 Å². The summed E-state index contributed by atoms with van der Waals surface area (Å²) in [5.74, 6) is -2.89. The minimum absolute atomic E-state index is 0.0655. The lowest BCUT2D eigenvalue weighted by Crippen LogP contribution is -2.63. The second-order valence-electron chi connectivity index (χ2n) is 21.5. The third-order valence-corrected chi connectivity index (χ3v) is 18.4. The summed E-state index contributed by atoms with van der Waals surface area (Å²) in [4.78, 5) is 85.5. The van der Waals surface area contributed by atoms with Crippen molar-refractivity contribution in [1.82, 2.24) is 31.1 Å². The molecule has 3 aromatic carbocycles. The van der Waals surface area contributed by atoms with Crippen LogP contribution in [0.25, 0.3) is 0 Å². The lowest BCUT2D eigenvalue weighted by Gasteiger charge is -2.53. The number of imide groups is 1. The van der Waals surface area contributed by atoms with Crippen molar-refractivity contribution in [3.63, 3.8) is 0 Å². The Balaban J connectivity index is 0.690. The van der Waals surface area contributed by atoms with E-state index in [1.165, 1.54) is 6.07 Å². The van der Waals surface area contributed by atoms with Gasteiger partial charge in [0.25, 0.3) is 5.91 Å². The number of hydrogen-bond donors (Lipinski definition) is 6. The highest BCUT2D eigenvalue weighted by Crippen LogP contribution is 2.63. The van der Waals surface area contributed by atoms with Crippen molar-refractivity contribution in [1.29, 1.82) is 0 Å². The lowest BCUT2D eigenvalue weighted by molar-refractivity contribution is -0.140. The molecular formula is C53H61Cl2FN8O6. The van der Waals surface area contributed by atoms with Gasteiger partial charge in [-0.2, -0.15) is 0 Å². The number of piperidine rings is 2. The third-order valence-electron chi connectivity index (χ3n) is 17.9. The molecule has 6 N–H and O–H groups in total. The summed E-state index contributed by atoms with van der Waals surface area (Å²) in [6, 6.07) is 14.5. The molecule has 70 heavy (non-hydrogen) atoms. The van der Waals surface area contributed by atoms with E-state index in [0.29, 0.717) is 92.7 Å². The largest absolute Gasteiger partial charge is 0.382 e. The molecule has 9 aliphatic rings. The summed E-state index contributed by atoms with van der Waals surface area (Å²) in [5.41, 5.74) is 0.785. The molecule has 0 radical (unpaired) electrons. The molecule has 5 heterocycles. The molecule has 4 aliphatic carbocycles. The zero-order valence-electron chi connectivity index (χ0n) is 39.3. The predicted octanol–water partition coefficient (Wildman–Crippen LogP) is 6.83. The molecule has 6 amide bonds. The molecule has 2 spiro atoms. The highest BCUT2D eigenvalue weighted by molar-refractivity contribution is 6.31. The molecule has 17 heteroatoms. The van der Waals surface area contributed by atoms with Crippen molar-refractivity contribution in [3.8, 4) is 0 Å². The quantitative estimate of drug-likeness (QED) is 0.0887. The molecule has 370 valence electrons. The Bertz CT molecular complexity index is 2650. The summed E-state index contributed by atoms with van der Waals surface area (Å²) in [5, 5.41) is 20.1. The van der Waals surface area contributed by atoms with Crippen LogP contribution in [0.3, 0.4) is 0 Å². The Morgan fingerprint density at radius 2 is 1.59 bits per heavy atom. The van der Waals surface area contributed by atoms with Gasteiger partial charge in [0.2, 0.25) is 29.5 Å². The fourth-order valence-electron chi connectivity index (χ4n) is 14.2. The molecular weight excluding hydrogens is 935 g/mol. The minimum atomic E-state index is -1.31. The Morgan fingerprint density at radius 3 is 2.33 bits per heavy atom. The number of nitrogens with zero attached hydrogens (tertiary/aromatic N) is 2. The number of carbonyl (C=O) groups is 6. The number of hydrogen-bond acceptors (Lipinski definition) is 9. The van der Waals surface area contributed by atoms with Crippen molar-refractivity contribution in [3.05, 3.63) is 92.7 Å². The van der Waals surface area contributed by atoms with Gasteiger partial charge in [-0.25, -0.2) is 4.39 Å². The first-order chi connectivity index (χ1) is 33.8. The number of anilines is 2. The van der Waals surface area contributed by atoms with Gasteiger partial charge in [-0.1, -0.05) is 66.7 Å². The molecule has 3 aromatic rings. The van der Waals surface area contributed by atoms with E-state index in [2.05, 4.69) is 36.8 Å². The van der Waals surface area contributed by atoms with Crippen molar-refractivity contribution >= 4 is 70.0 Å². The van der Waals surface area contributed by atoms with Gasteiger partial charge in [-0.3, -0.25) is 39.4 Å². The van der Waals surface area contributed by atoms with E-state index in [0.717, 1.165) is 69.4 Å². The van der Waals surface area contributed by atoms with Gasteiger partial charge in [-0.15, -0.1) is 0 Å². The number of fused-ring (bicyclic) bond motifs is 7. The summed E-state index contributed by atoms with van der Waals surface area (Å²) in [6.45, 7) is 3.58. The smallest absolute Gasteiger partial charge is 0.255 e. The van der Waals surface area contributed by atoms with Crippen LogP contribution in [0, 0.1) is 11.2 Å². The number of amides is 6. The predicted molar refractivity (Wildman–Crippen MR) is 263 cm³/mol. The van der Waals surface area contributed by atoms with Gasteiger partial charge in [0, 0.05) is 88.6 Å². The van der Waals surface area contributed by atoms with Crippen molar-refractivity contribution < 1.29 is 33.2 Å². The van der Waals surface area contributed by atoms with Crippen LogP contribution in [0.2, 0.25) is 10.0 Å². The van der Waals surface area contributed by atoms with E-state index in [9.17, 15) is 24.0 Å². The summed E-state index contributed by atoms with van der Waals surface area (Å²) >= 11 is 12.9. The molecule has 12 rings (SSSR count). The van der Waals surface area contributed by atoms with E-state index in [4.69, 9.17) is 23.2 Å². The van der Waals surface area contributed by atoms with Gasteiger partial charge in [-0.05, 0) is 125 Å². The van der Waals surface area contributed by atoms with Crippen molar-refractivity contribution in [2.75, 3.05) is 36.8 Å². The second kappa shape index (κ2) is 18.2. The van der Waals surface area contributed by atoms with Crippen LogP contribution in [0.15, 0.2) is 54.6 Å². The fraction of sp³-hybridized carbons (Fsp3) is 0.547. The van der Waals surface area contributed by atoms with Crippen LogP contribution in [0.1, 0.15) is 136 Å². The maximum Gasteiger partial charge on any atom is 0.255 e. The topological polar surface area (TPSA) is 181 Å². The first kappa shape index (κ1) is 47.2. The standard InChI is InChI=1S/C53H61Cl2FN8O6/c54-31-11-12-36-39(29-31)59-49(70)53(36)42(34-8-4-9-37(55)43(34)56)44(61-52(53)17-2-1-3-18-52)46(67)62-51-22-19-50(20-23-51,21-24-51)48(69)57-25-6-26-63-27-15-32(16-28-63)58-38-10-5-7-33-35(38)30-64(47(33)68)40-13-14-41(65)60-45(40)66/h4-5,7-12,29,32,40,42,44,58,61H,1-3,6,13-28,30H2,(H,57,69)(H,59,70)(H,62,67)(H,60,65,66)/t40?,42-,44+,50?,51?,53+/m0/s1. The summed E-state index contributed by atoms with van der Waals surface area (Å²) < 4.78 is 16.5. The van der Waals surface area contributed by atoms with Crippen LogP contribution in [-0.2, 0) is 35.9 Å². The Labute approximate surface area is 417 Å². The fourth-order valence-corrected chi connectivity index (χ4v) is 14.6. The maximum atomic E-state index is 16.5. The molecule has 14 nitrogen and oxygen atoms in total. The number of nitrogens with one attached hydrogen (secondary N) is 6. The lowest BCUT2D eigenvalue weighted by atomic mass is 9.55. The van der Waals surface area contributed by atoms with Gasteiger partial charge in [0.15, 0.2) is 0 Å². The van der Waals surface area contributed by atoms with Crippen LogP contribution < -0.4 is 31.9 Å². The molecule has 1 unspecified atom stereocenters. The highest BCUT2D eigenvalue weighted by atomic mass is 35.5. The SMILES string of the molecule is O=C1CCC(N2Cc3c(NC4CCN(CCCNC(=O)C56CCC(NC(=O)[C@@H]7NC8(CCCCC8)[C@@]8(C(=O)Nc9cc(Cl)ccc98)[C@H]7c7cccc(Cl)c7F)(CC5)CC6)CC4)cccc3C2=O)C(=O)N1. The number of rotatable bonds is 11. The molecule has 3 saturated heterocycles. The number of benzene rings is 3. The normalized spacial score (nSPS) is 30.3. The average molecular weight is 996 g/mol. The number of likely N-dealkylation sites (tertiary alicyclic amines) is 1. The maximum absolute atomic E-state index is 16.5. The molecule has 0 aromatic heterocycles. The Hall–Kier alpha value is -5.09. The summed E-state index contributed by atoms with van der Waals surface area (Å²) in [7, 11) is 0. The zero-order valence-corrected chi connectivity index (χ0v) is 40.8. The minimum Gasteiger partial charge on any atom is -0.382 e. The van der Waals surface area contributed by atoms with Crippen LogP contribution in [-0.4, -0.2) is 101 Å². The molecule has 4 saturated carbocycles. The summed E-state index contributed by atoms with van der Waals surface area (Å²) in [6.07, 6.45) is 11.1. The van der Waals surface area contributed by atoms with E-state index in [1.54, 1.807) is 35.2 Å². The average Bonchev–Trinajstić information content (AvgIpc) is 3.96. The Kier molecular flexibility index (Phi) is 12.3. The zero-order chi connectivity index (χ0) is 48.6. The van der Waals surface area contributed by atoms with Gasteiger partial charge in [0.1, 0.15) is 17.3 Å². The molecule has 4 atom stereocenters. The van der Waals surface area contributed by atoms with Crippen LogP contribution in [0.5, 0.6) is 0 Å². The van der Waals surface area contributed by atoms with E-state index in [1.807, 2.05) is 18.2 Å². The second-order valence-corrected chi connectivity index (χ2v) is 22.3. The highest BCUT2D eigenvalue weighted by Gasteiger charge is 2.72.